The van der Waals surface area contributed by atoms with Gasteiger partial charge in [-0.05, 0) is 71.0 Å². The number of amides is 3. The molecule has 0 radical (unpaired) electrons. The molecule has 1 aromatic carbocycles. The van der Waals surface area contributed by atoms with E-state index in [2.05, 4.69) is 20.9 Å². The van der Waals surface area contributed by atoms with E-state index < -0.39 is 12.1 Å². The van der Waals surface area contributed by atoms with Gasteiger partial charge in [0.15, 0.2) is 0 Å². The van der Waals surface area contributed by atoms with E-state index in [-0.39, 0.29) is 48.9 Å². The predicted octanol–water partition coefficient (Wildman–Crippen LogP) is 1.94. The first-order chi connectivity index (χ1) is 18.9. The Morgan fingerprint density at radius 3 is 2.40 bits per heavy atom. The molecule has 4 N–H and O–H groups in total. The quantitative estimate of drug-likeness (QED) is 0.312. The van der Waals surface area contributed by atoms with E-state index in [1.54, 1.807) is 0 Å². The highest BCUT2D eigenvalue weighted by molar-refractivity contribution is 5.85. The number of aliphatic hydroxyl groups is 1. The number of likely N-dealkylation sites (N-methyl/N-ethyl adjacent to an activating group) is 1. The van der Waals surface area contributed by atoms with Gasteiger partial charge in [0.1, 0.15) is 0 Å². The maximum absolute atomic E-state index is 13.4. The van der Waals surface area contributed by atoms with Crippen LogP contribution in [0, 0.1) is 11.8 Å². The molecule has 5 atom stereocenters. The van der Waals surface area contributed by atoms with Crippen LogP contribution in [-0.4, -0.2) is 96.1 Å². The van der Waals surface area contributed by atoms with E-state index in [1.165, 1.54) is 12.8 Å². The first kappa shape index (κ1) is 32.0. The summed E-state index contributed by atoms with van der Waals surface area (Å²) in [6.07, 6.45) is 5.09. The Morgan fingerprint density at radius 1 is 1.07 bits per heavy atom. The number of nitrogens with one attached hydrogen (secondary N) is 3. The SMILES string of the molecule is CCN(C)CC(=O)NCC(=O)NC(Cc1ccccc1)C(O)CN1CC2CCCCC2CC1C(=O)NC(C)(C)C. The Bertz CT molecular complexity index is 966. The Kier molecular flexibility index (Phi) is 12.0. The number of nitrogens with zero attached hydrogens (tertiary/aromatic N) is 2. The van der Waals surface area contributed by atoms with Crippen LogP contribution in [-0.2, 0) is 20.8 Å². The molecule has 0 aromatic heterocycles. The summed E-state index contributed by atoms with van der Waals surface area (Å²) in [5.41, 5.74) is 0.652. The number of carbonyl (C=O) groups is 3. The average molecular weight is 558 g/mol. The minimum atomic E-state index is -0.892. The summed E-state index contributed by atoms with van der Waals surface area (Å²) in [7, 11) is 1.84. The zero-order chi connectivity index (χ0) is 29.3. The Hall–Kier alpha value is -2.49. The minimum absolute atomic E-state index is 0.00660. The number of hydrogen-bond donors (Lipinski definition) is 4. The van der Waals surface area contributed by atoms with Crippen LogP contribution in [0.3, 0.4) is 0 Å². The fourth-order valence-corrected chi connectivity index (χ4v) is 6.00. The van der Waals surface area contributed by atoms with Crippen LogP contribution in [0.4, 0.5) is 0 Å². The summed E-state index contributed by atoms with van der Waals surface area (Å²) in [6, 6.07) is 8.88. The van der Waals surface area contributed by atoms with E-state index in [0.29, 0.717) is 18.3 Å². The van der Waals surface area contributed by atoms with Crippen LogP contribution in [0.2, 0.25) is 0 Å². The summed E-state index contributed by atoms with van der Waals surface area (Å²) < 4.78 is 0. The van der Waals surface area contributed by atoms with Crippen LogP contribution in [0.5, 0.6) is 0 Å². The lowest BCUT2D eigenvalue weighted by molar-refractivity contribution is -0.133. The number of rotatable bonds is 12. The van der Waals surface area contributed by atoms with Crippen LogP contribution in [0.25, 0.3) is 0 Å². The number of β-amino-alcohol motifs (C(OH)–C–C–N with tert-alkyl or cyclic N) is 1. The van der Waals surface area contributed by atoms with Gasteiger partial charge < -0.3 is 21.1 Å². The number of benzene rings is 1. The molecule has 9 heteroatoms. The third kappa shape index (κ3) is 10.2. The van der Waals surface area contributed by atoms with E-state index in [9.17, 15) is 19.5 Å². The number of hydrogen-bond acceptors (Lipinski definition) is 6. The molecule has 2 fully saturated rings. The normalized spacial score (nSPS) is 23.1. The molecule has 0 bridgehead atoms. The van der Waals surface area contributed by atoms with Crippen LogP contribution < -0.4 is 16.0 Å². The van der Waals surface area contributed by atoms with Crippen molar-refractivity contribution in [3.05, 3.63) is 35.9 Å². The van der Waals surface area contributed by atoms with E-state index in [4.69, 9.17) is 0 Å². The molecule has 0 spiro atoms. The molecule has 5 unspecified atom stereocenters. The molecule has 1 saturated carbocycles. The second-order valence-corrected chi connectivity index (χ2v) is 12.8. The summed E-state index contributed by atoms with van der Waals surface area (Å²) in [4.78, 5) is 42.5. The maximum Gasteiger partial charge on any atom is 0.239 e. The molecule has 1 saturated heterocycles. The molecular formula is C31H51N5O4. The van der Waals surface area contributed by atoms with Gasteiger partial charge in [0.2, 0.25) is 17.7 Å². The van der Waals surface area contributed by atoms with Crippen molar-refractivity contribution in [3.63, 3.8) is 0 Å². The zero-order valence-electron chi connectivity index (χ0n) is 25.1. The average Bonchev–Trinajstić information content (AvgIpc) is 2.90. The first-order valence-corrected chi connectivity index (χ1v) is 15.0. The molecule has 40 heavy (non-hydrogen) atoms. The highest BCUT2D eigenvalue weighted by Crippen LogP contribution is 2.38. The second kappa shape index (κ2) is 14.9. The predicted molar refractivity (Wildman–Crippen MR) is 158 cm³/mol. The van der Waals surface area contributed by atoms with E-state index >= 15 is 0 Å². The Morgan fingerprint density at radius 2 is 1.75 bits per heavy atom. The van der Waals surface area contributed by atoms with Gasteiger partial charge in [-0.3, -0.25) is 24.2 Å². The smallest absolute Gasteiger partial charge is 0.239 e. The molecule has 1 aliphatic carbocycles. The highest BCUT2D eigenvalue weighted by atomic mass is 16.3. The number of carbonyl (C=O) groups excluding carboxylic acids is 3. The second-order valence-electron chi connectivity index (χ2n) is 12.8. The van der Waals surface area contributed by atoms with Crippen molar-refractivity contribution >= 4 is 17.7 Å². The largest absolute Gasteiger partial charge is 0.390 e. The van der Waals surface area contributed by atoms with Crippen molar-refractivity contribution < 1.29 is 19.5 Å². The van der Waals surface area contributed by atoms with Gasteiger partial charge in [-0.2, -0.15) is 0 Å². The third-order valence-electron chi connectivity index (χ3n) is 8.23. The first-order valence-electron chi connectivity index (χ1n) is 15.0. The molecule has 1 aromatic rings. The van der Waals surface area contributed by atoms with Crippen molar-refractivity contribution in [2.24, 2.45) is 11.8 Å². The minimum Gasteiger partial charge on any atom is -0.390 e. The van der Waals surface area contributed by atoms with Crippen molar-refractivity contribution in [3.8, 4) is 0 Å². The van der Waals surface area contributed by atoms with Gasteiger partial charge in [0.25, 0.3) is 0 Å². The zero-order valence-corrected chi connectivity index (χ0v) is 25.1. The molecule has 3 rings (SSSR count). The summed E-state index contributed by atoms with van der Waals surface area (Å²) in [5, 5.41) is 20.3. The molecular weight excluding hydrogens is 506 g/mol. The van der Waals surface area contributed by atoms with Crippen molar-refractivity contribution in [1.29, 1.82) is 0 Å². The lowest BCUT2D eigenvalue weighted by Gasteiger charge is -2.47. The number of aliphatic hydroxyl groups excluding tert-OH is 1. The fourth-order valence-electron chi connectivity index (χ4n) is 6.00. The Labute approximate surface area is 240 Å². The van der Waals surface area contributed by atoms with Crippen LogP contribution in [0.15, 0.2) is 30.3 Å². The molecule has 3 amide bonds. The molecule has 1 aliphatic heterocycles. The van der Waals surface area contributed by atoms with Gasteiger partial charge in [-0.15, -0.1) is 0 Å². The number of likely N-dealkylation sites (tertiary alicyclic amines) is 1. The van der Waals surface area contributed by atoms with Crippen LogP contribution >= 0.6 is 0 Å². The van der Waals surface area contributed by atoms with Crippen LogP contribution in [0.1, 0.15) is 65.4 Å². The summed E-state index contributed by atoms with van der Waals surface area (Å²) in [5.74, 6) is 0.502. The Balaban J connectivity index is 1.72. The van der Waals surface area contributed by atoms with Crippen molar-refractivity contribution in [1.82, 2.24) is 25.8 Å². The summed E-state index contributed by atoms with van der Waals surface area (Å²) in [6.45, 7) is 9.78. The van der Waals surface area contributed by atoms with E-state index in [1.807, 2.05) is 70.0 Å². The summed E-state index contributed by atoms with van der Waals surface area (Å²) >= 11 is 0. The monoisotopic (exact) mass is 557 g/mol. The third-order valence-corrected chi connectivity index (χ3v) is 8.23. The molecule has 224 valence electrons. The maximum atomic E-state index is 13.4. The lowest BCUT2D eigenvalue weighted by Crippen LogP contribution is -2.60. The highest BCUT2D eigenvalue weighted by Gasteiger charge is 2.41. The van der Waals surface area contributed by atoms with E-state index in [0.717, 1.165) is 37.9 Å². The van der Waals surface area contributed by atoms with Gasteiger partial charge in [0, 0.05) is 18.6 Å². The molecule has 1 heterocycles. The molecule has 2 aliphatic rings. The number of piperidine rings is 1. The van der Waals surface area contributed by atoms with Crippen molar-refractivity contribution in [2.75, 3.05) is 39.8 Å². The number of fused-ring (bicyclic) bond motifs is 1. The molecule has 9 nitrogen and oxygen atoms in total. The van der Waals surface area contributed by atoms with Gasteiger partial charge in [0.05, 0.1) is 31.3 Å². The topological polar surface area (TPSA) is 114 Å². The standard InChI is InChI=1S/C31H51N5O4/c1-6-35(5)21-29(39)32-18-28(38)33-25(16-22-12-8-7-9-13-22)27(37)20-36-19-24-15-11-10-14-23(24)17-26(36)30(40)34-31(2,3)4/h7-9,12-13,23-27,37H,6,10-11,14-21H2,1-5H3,(H,32,39)(H,33,38)(H,34,40). The lowest BCUT2D eigenvalue weighted by atomic mass is 9.72. The van der Waals surface area contributed by atoms with Gasteiger partial charge >= 0.3 is 0 Å². The van der Waals surface area contributed by atoms with Crippen molar-refractivity contribution in [2.45, 2.75) is 89.9 Å². The van der Waals surface area contributed by atoms with Gasteiger partial charge in [-0.1, -0.05) is 56.5 Å². The van der Waals surface area contributed by atoms with Gasteiger partial charge in [-0.25, -0.2) is 0 Å². The fraction of sp³-hybridized carbons (Fsp3) is 0.710.